The maximum Gasteiger partial charge on any atom is 0.251 e. The minimum absolute atomic E-state index is 0.123. The van der Waals surface area contributed by atoms with Crippen LogP contribution in [-0.4, -0.2) is 50.3 Å². The highest BCUT2D eigenvalue weighted by atomic mass is 32.2. The molecule has 210 valence electrons. The molecule has 2 aromatic carbocycles. The van der Waals surface area contributed by atoms with Crippen LogP contribution in [-0.2, 0) is 10.0 Å². The smallest absolute Gasteiger partial charge is 0.251 e. The first-order valence-corrected chi connectivity index (χ1v) is 14.5. The number of aromatic amines is 1. The number of hydrogen-bond donors (Lipinski definition) is 2. The summed E-state index contributed by atoms with van der Waals surface area (Å²) in [7, 11) is 0.500. The van der Waals surface area contributed by atoms with Gasteiger partial charge in [-0.1, -0.05) is 0 Å². The van der Waals surface area contributed by atoms with Crippen molar-refractivity contribution in [2.75, 3.05) is 24.6 Å². The Morgan fingerprint density at radius 3 is 2.33 bits per heavy atom. The molecule has 0 unspecified atom stereocenters. The second kappa shape index (κ2) is 11.7. The van der Waals surface area contributed by atoms with E-state index in [0.29, 0.717) is 34.7 Å². The molecule has 1 aliphatic rings. The molecule has 11 heteroatoms. The minimum atomic E-state index is -3.60. The number of aromatic nitrogens is 1. The van der Waals surface area contributed by atoms with E-state index in [1.807, 2.05) is 0 Å². The maximum absolute atomic E-state index is 14.5. The topological polar surface area (TPSA) is 101 Å². The van der Waals surface area contributed by atoms with Gasteiger partial charge in [-0.3, -0.25) is 9.52 Å². The molecule has 0 amide bonds. The lowest BCUT2D eigenvalue weighted by Crippen LogP contribution is -2.35. The van der Waals surface area contributed by atoms with Crippen molar-refractivity contribution in [3.8, 4) is 28.4 Å². The van der Waals surface area contributed by atoms with Crippen LogP contribution in [0.4, 0.5) is 14.5 Å². The fraction of sp³-hybridized carbons (Fsp3) is 0.393. The van der Waals surface area contributed by atoms with Crippen LogP contribution in [0.15, 0.2) is 47.3 Å². The zero-order valence-corrected chi connectivity index (χ0v) is 23.2. The van der Waals surface area contributed by atoms with E-state index < -0.39 is 21.7 Å². The fourth-order valence-corrected chi connectivity index (χ4v) is 5.38. The Labute approximate surface area is 227 Å². The number of aryl methyl sites for hydroxylation is 1. The molecule has 1 heterocycles. The Balaban J connectivity index is 1.79. The molecule has 1 aromatic heterocycles. The summed E-state index contributed by atoms with van der Waals surface area (Å²) in [4.78, 5) is 17.4. The summed E-state index contributed by atoms with van der Waals surface area (Å²) < 4.78 is 67.3. The highest BCUT2D eigenvalue weighted by Crippen LogP contribution is 2.42. The molecule has 0 radical (unpaired) electrons. The average molecular weight is 562 g/mol. The third-order valence-electron chi connectivity index (χ3n) is 6.88. The van der Waals surface area contributed by atoms with Gasteiger partial charge in [-0.2, -0.15) is 0 Å². The average Bonchev–Trinajstić information content (AvgIpc) is 2.86. The number of anilines is 1. The molecule has 1 aliphatic carbocycles. The first-order chi connectivity index (χ1) is 18.5. The van der Waals surface area contributed by atoms with Gasteiger partial charge >= 0.3 is 0 Å². The van der Waals surface area contributed by atoms with E-state index in [4.69, 9.17) is 9.47 Å². The number of hydrogen-bond acceptors (Lipinski definition) is 6. The van der Waals surface area contributed by atoms with E-state index in [0.717, 1.165) is 31.7 Å². The minimum Gasteiger partial charge on any atom is -0.490 e. The standard InChI is InChI=1S/C28H33F2N3O5S/c1-5-39(35,36)32-19-7-13-24(38-25-12-6-18(29)14-23(25)30)22(15-19)28-17(2)31-27(34)16-26(28)37-21-10-8-20(9-11-21)33(3)4/h6-7,12-16,20-21,32H,5,8-11H2,1-4H3,(H,31,34). The first kappa shape index (κ1) is 28.6. The van der Waals surface area contributed by atoms with Gasteiger partial charge in [-0.05, 0) is 84.0 Å². The van der Waals surface area contributed by atoms with Crippen molar-refractivity contribution in [2.24, 2.45) is 0 Å². The van der Waals surface area contributed by atoms with Crippen LogP contribution in [0.1, 0.15) is 38.3 Å². The molecule has 8 nitrogen and oxygen atoms in total. The number of ether oxygens (including phenoxy) is 2. The van der Waals surface area contributed by atoms with Crippen LogP contribution >= 0.6 is 0 Å². The first-order valence-electron chi connectivity index (χ1n) is 12.8. The van der Waals surface area contributed by atoms with Gasteiger partial charge < -0.3 is 19.4 Å². The predicted molar refractivity (Wildman–Crippen MR) is 147 cm³/mol. The largest absolute Gasteiger partial charge is 0.490 e. The third kappa shape index (κ3) is 6.96. The van der Waals surface area contributed by atoms with E-state index in [2.05, 4.69) is 28.7 Å². The molecular weight excluding hydrogens is 528 g/mol. The molecule has 0 atom stereocenters. The van der Waals surface area contributed by atoms with Gasteiger partial charge in [-0.25, -0.2) is 17.2 Å². The van der Waals surface area contributed by atoms with Crippen LogP contribution in [0.3, 0.4) is 0 Å². The molecule has 4 rings (SSSR count). The lowest BCUT2D eigenvalue weighted by Gasteiger charge is -2.33. The summed E-state index contributed by atoms with van der Waals surface area (Å²) >= 11 is 0. The molecule has 1 saturated carbocycles. The predicted octanol–water partition coefficient (Wildman–Crippen LogP) is 5.43. The normalized spacial score (nSPS) is 17.7. The highest BCUT2D eigenvalue weighted by molar-refractivity contribution is 7.92. The van der Waals surface area contributed by atoms with E-state index in [-0.39, 0.29) is 34.6 Å². The number of benzene rings is 2. The highest BCUT2D eigenvalue weighted by Gasteiger charge is 2.26. The molecule has 0 spiro atoms. The second-order valence-corrected chi connectivity index (χ2v) is 11.9. The Kier molecular flexibility index (Phi) is 8.60. The number of H-pyrrole nitrogens is 1. The van der Waals surface area contributed by atoms with Crippen molar-refractivity contribution in [1.29, 1.82) is 0 Å². The zero-order valence-electron chi connectivity index (χ0n) is 22.4. The Bertz CT molecular complexity index is 1500. The van der Waals surface area contributed by atoms with Crippen LogP contribution in [0, 0.1) is 18.6 Å². The molecular formula is C28H33F2N3O5S. The third-order valence-corrected chi connectivity index (χ3v) is 8.18. The number of rotatable bonds is 9. The maximum atomic E-state index is 14.5. The Morgan fingerprint density at radius 2 is 1.69 bits per heavy atom. The van der Waals surface area contributed by atoms with Crippen molar-refractivity contribution in [2.45, 2.75) is 51.7 Å². The Hall–Kier alpha value is -3.44. The van der Waals surface area contributed by atoms with E-state index in [9.17, 15) is 22.0 Å². The van der Waals surface area contributed by atoms with Crippen LogP contribution < -0.4 is 19.8 Å². The van der Waals surface area contributed by atoms with Crippen molar-refractivity contribution < 1.29 is 26.7 Å². The molecule has 0 aliphatic heterocycles. The second-order valence-electron chi connectivity index (χ2n) is 9.90. The van der Waals surface area contributed by atoms with Gasteiger partial charge in [0.05, 0.1) is 11.9 Å². The number of halogens is 2. The molecule has 1 fully saturated rings. The summed E-state index contributed by atoms with van der Waals surface area (Å²) in [5.74, 6) is -1.53. The van der Waals surface area contributed by atoms with Gasteiger partial charge in [-0.15, -0.1) is 0 Å². The molecule has 0 saturated heterocycles. The zero-order chi connectivity index (χ0) is 28.3. The summed E-state index contributed by atoms with van der Waals surface area (Å²) in [6.07, 6.45) is 3.37. The molecule has 3 aromatic rings. The van der Waals surface area contributed by atoms with Crippen LogP contribution in [0.2, 0.25) is 0 Å². The Morgan fingerprint density at radius 1 is 1.00 bits per heavy atom. The summed E-state index contributed by atoms with van der Waals surface area (Å²) in [5.41, 5.74) is 1.18. The van der Waals surface area contributed by atoms with Crippen molar-refractivity contribution >= 4 is 15.7 Å². The monoisotopic (exact) mass is 561 g/mol. The van der Waals surface area contributed by atoms with Crippen LogP contribution in [0.25, 0.3) is 11.1 Å². The van der Waals surface area contributed by atoms with Crippen LogP contribution in [0.5, 0.6) is 17.2 Å². The number of sulfonamides is 1. The van der Waals surface area contributed by atoms with Gasteiger partial charge in [0.25, 0.3) is 5.56 Å². The summed E-state index contributed by atoms with van der Waals surface area (Å²) in [5, 5.41) is 0. The van der Waals surface area contributed by atoms with Gasteiger partial charge in [0.1, 0.15) is 17.3 Å². The van der Waals surface area contributed by atoms with Gasteiger partial charge in [0.2, 0.25) is 10.0 Å². The van der Waals surface area contributed by atoms with Gasteiger partial charge in [0.15, 0.2) is 11.6 Å². The van der Waals surface area contributed by atoms with Crippen molar-refractivity contribution in [3.05, 3.63) is 70.1 Å². The summed E-state index contributed by atoms with van der Waals surface area (Å²) in [6.45, 7) is 3.21. The lowest BCUT2D eigenvalue weighted by molar-refractivity contribution is 0.111. The molecule has 0 bridgehead atoms. The fourth-order valence-electron chi connectivity index (χ4n) is 4.75. The SMILES string of the molecule is CCS(=O)(=O)Nc1ccc(Oc2ccc(F)cc2F)c(-c2c(OC3CCC(N(C)C)CC3)cc(=O)[nH]c2C)c1. The number of pyridine rings is 1. The lowest BCUT2D eigenvalue weighted by atomic mass is 9.92. The van der Waals surface area contributed by atoms with Crippen molar-refractivity contribution in [3.63, 3.8) is 0 Å². The van der Waals surface area contributed by atoms with E-state index in [1.54, 1.807) is 13.0 Å². The quantitative estimate of drug-likeness (QED) is 0.361. The van der Waals surface area contributed by atoms with E-state index in [1.165, 1.54) is 31.2 Å². The number of nitrogens with one attached hydrogen (secondary N) is 2. The van der Waals surface area contributed by atoms with Crippen molar-refractivity contribution in [1.82, 2.24) is 9.88 Å². The molecule has 39 heavy (non-hydrogen) atoms. The summed E-state index contributed by atoms with van der Waals surface area (Å²) in [6, 6.07) is 9.28. The molecule has 2 N–H and O–H groups in total. The van der Waals surface area contributed by atoms with Gasteiger partial charge in [0, 0.05) is 40.7 Å². The number of nitrogens with zero attached hydrogens (tertiary/aromatic N) is 1. The van der Waals surface area contributed by atoms with E-state index >= 15 is 0 Å².